The van der Waals surface area contributed by atoms with E-state index in [1.807, 2.05) is 10.9 Å². The predicted octanol–water partition coefficient (Wildman–Crippen LogP) is 1.88. The van der Waals surface area contributed by atoms with Crippen molar-refractivity contribution in [2.24, 2.45) is 11.8 Å². The summed E-state index contributed by atoms with van der Waals surface area (Å²) in [5.41, 5.74) is 1.21. The number of carboxylic acid groups (broad SMARTS) is 1. The van der Waals surface area contributed by atoms with Crippen molar-refractivity contribution in [1.82, 2.24) is 15.1 Å². The minimum absolute atomic E-state index is 0.112. The fraction of sp³-hybridized carbons (Fsp3) is 0.714. The summed E-state index contributed by atoms with van der Waals surface area (Å²) >= 11 is 0. The number of aromatic nitrogens is 2. The number of aryl methyl sites for hydroxylation is 1. The Labute approximate surface area is 114 Å². The van der Waals surface area contributed by atoms with Crippen molar-refractivity contribution in [3.63, 3.8) is 0 Å². The monoisotopic (exact) mass is 265 g/mol. The van der Waals surface area contributed by atoms with Crippen molar-refractivity contribution in [3.05, 3.63) is 18.0 Å². The van der Waals surface area contributed by atoms with Gasteiger partial charge in [0, 0.05) is 24.8 Å². The van der Waals surface area contributed by atoms with Crippen molar-refractivity contribution in [3.8, 4) is 0 Å². The zero-order chi connectivity index (χ0) is 13.7. The second-order valence-electron chi connectivity index (χ2n) is 5.39. The zero-order valence-corrected chi connectivity index (χ0v) is 11.5. The van der Waals surface area contributed by atoms with Gasteiger partial charge in [0.05, 0.1) is 12.1 Å². The number of nitrogens with zero attached hydrogens (tertiary/aromatic N) is 2. The van der Waals surface area contributed by atoms with Crippen LogP contribution in [0.4, 0.5) is 0 Å². The molecule has 0 bridgehead atoms. The second-order valence-corrected chi connectivity index (χ2v) is 5.39. The standard InChI is InChI=1S/C14H23N3O2/c1-2-17-10-12(9-16-17)8-15-7-11-3-5-13(6-4-11)14(18)19/h9-11,13,15H,2-8H2,1H3,(H,18,19). The molecule has 2 N–H and O–H groups in total. The molecule has 0 amide bonds. The molecule has 0 aliphatic heterocycles. The first-order chi connectivity index (χ1) is 9.19. The fourth-order valence-electron chi connectivity index (χ4n) is 2.70. The molecule has 0 atom stereocenters. The van der Waals surface area contributed by atoms with Crippen LogP contribution in [0.25, 0.3) is 0 Å². The smallest absolute Gasteiger partial charge is 0.306 e. The quantitative estimate of drug-likeness (QED) is 0.824. The summed E-state index contributed by atoms with van der Waals surface area (Å²) in [7, 11) is 0. The van der Waals surface area contributed by atoms with E-state index in [0.717, 1.165) is 45.3 Å². The number of carboxylic acids is 1. The summed E-state index contributed by atoms with van der Waals surface area (Å²) in [6.45, 7) is 4.80. The maximum atomic E-state index is 10.9. The Morgan fingerprint density at radius 1 is 1.47 bits per heavy atom. The van der Waals surface area contributed by atoms with E-state index in [0.29, 0.717) is 5.92 Å². The lowest BCUT2D eigenvalue weighted by molar-refractivity contribution is -0.143. The molecular formula is C14H23N3O2. The minimum Gasteiger partial charge on any atom is -0.481 e. The Kier molecular flexibility index (Phi) is 4.96. The van der Waals surface area contributed by atoms with E-state index in [1.165, 1.54) is 5.56 Å². The van der Waals surface area contributed by atoms with Crippen LogP contribution in [0.3, 0.4) is 0 Å². The number of hydrogen-bond acceptors (Lipinski definition) is 3. The Hall–Kier alpha value is -1.36. The molecule has 1 aromatic rings. The minimum atomic E-state index is -0.626. The van der Waals surface area contributed by atoms with Crippen molar-refractivity contribution in [2.45, 2.75) is 45.7 Å². The van der Waals surface area contributed by atoms with E-state index in [2.05, 4.69) is 23.5 Å². The number of aliphatic carboxylic acids is 1. The second kappa shape index (κ2) is 6.70. The molecular weight excluding hydrogens is 242 g/mol. The Morgan fingerprint density at radius 2 is 2.21 bits per heavy atom. The lowest BCUT2D eigenvalue weighted by Crippen LogP contribution is -2.28. The van der Waals surface area contributed by atoms with Gasteiger partial charge in [0.25, 0.3) is 0 Å². The molecule has 1 aliphatic rings. The summed E-state index contributed by atoms with van der Waals surface area (Å²) in [5, 5.41) is 16.6. The summed E-state index contributed by atoms with van der Waals surface area (Å²) < 4.78 is 1.93. The highest BCUT2D eigenvalue weighted by atomic mass is 16.4. The largest absolute Gasteiger partial charge is 0.481 e. The molecule has 1 heterocycles. The molecule has 0 spiro atoms. The van der Waals surface area contributed by atoms with Crippen molar-refractivity contribution in [1.29, 1.82) is 0 Å². The molecule has 1 saturated carbocycles. The maximum Gasteiger partial charge on any atom is 0.306 e. The van der Waals surface area contributed by atoms with Crippen molar-refractivity contribution >= 4 is 5.97 Å². The Balaban J connectivity index is 1.65. The van der Waals surface area contributed by atoms with Gasteiger partial charge in [-0.25, -0.2) is 0 Å². The van der Waals surface area contributed by atoms with Gasteiger partial charge in [0.2, 0.25) is 0 Å². The third kappa shape index (κ3) is 4.06. The Morgan fingerprint density at radius 3 is 2.79 bits per heavy atom. The summed E-state index contributed by atoms with van der Waals surface area (Å²) in [4.78, 5) is 10.9. The van der Waals surface area contributed by atoms with Gasteiger partial charge in [-0.2, -0.15) is 5.10 Å². The summed E-state index contributed by atoms with van der Waals surface area (Å²) in [6, 6.07) is 0. The van der Waals surface area contributed by atoms with Crippen LogP contribution in [0, 0.1) is 11.8 Å². The van der Waals surface area contributed by atoms with Gasteiger partial charge in [-0.1, -0.05) is 0 Å². The van der Waals surface area contributed by atoms with Crippen LogP contribution in [0.2, 0.25) is 0 Å². The van der Waals surface area contributed by atoms with Crippen LogP contribution in [0.15, 0.2) is 12.4 Å². The molecule has 2 rings (SSSR count). The molecule has 5 nitrogen and oxygen atoms in total. The van der Waals surface area contributed by atoms with Crippen LogP contribution in [0.1, 0.15) is 38.2 Å². The van der Waals surface area contributed by atoms with Gasteiger partial charge in [-0.05, 0) is 45.1 Å². The maximum absolute atomic E-state index is 10.9. The highest BCUT2D eigenvalue weighted by Gasteiger charge is 2.25. The van der Waals surface area contributed by atoms with Gasteiger partial charge in [0.1, 0.15) is 0 Å². The topological polar surface area (TPSA) is 67.2 Å². The molecule has 1 fully saturated rings. The van der Waals surface area contributed by atoms with E-state index in [4.69, 9.17) is 5.11 Å². The molecule has 1 aromatic heterocycles. The first-order valence-corrected chi connectivity index (χ1v) is 7.14. The number of rotatable bonds is 6. The Bertz CT molecular complexity index is 409. The highest BCUT2D eigenvalue weighted by molar-refractivity contribution is 5.69. The molecule has 5 heteroatoms. The van der Waals surface area contributed by atoms with Gasteiger partial charge in [-0.3, -0.25) is 9.48 Å². The number of hydrogen-bond donors (Lipinski definition) is 2. The van der Waals surface area contributed by atoms with Crippen LogP contribution < -0.4 is 5.32 Å². The van der Waals surface area contributed by atoms with Crippen LogP contribution >= 0.6 is 0 Å². The van der Waals surface area contributed by atoms with Gasteiger partial charge in [0.15, 0.2) is 0 Å². The summed E-state index contributed by atoms with van der Waals surface area (Å²) in [5.74, 6) is -0.116. The van der Waals surface area contributed by atoms with Crippen molar-refractivity contribution < 1.29 is 9.90 Å². The fourth-order valence-corrected chi connectivity index (χ4v) is 2.70. The summed E-state index contributed by atoms with van der Waals surface area (Å²) in [6.07, 6.45) is 7.67. The highest BCUT2D eigenvalue weighted by Crippen LogP contribution is 2.28. The van der Waals surface area contributed by atoms with Crippen molar-refractivity contribution in [2.75, 3.05) is 6.54 Å². The van der Waals surface area contributed by atoms with Crippen LogP contribution in [-0.2, 0) is 17.9 Å². The number of carbonyl (C=O) groups is 1. The normalized spacial score (nSPS) is 23.4. The molecule has 0 unspecified atom stereocenters. The lowest BCUT2D eigenvalue weighted by atomic mass is 9.82. The molecule has 0 saturated heterocycles. The van der Waals surface area contributed by atoms with Gasteiger partial charge < -0.3 is 10.4 Å². The van der Waals surface area contributed by atoms with E-state index in [1.54, 1.807) is 0 Å². The first kappa shape index (κ1) is 14.1. The SMILES string of the molecule is CCn1cc(CNCC2CCC(C(=O)O)CC2)cn1. The zero-order valence-electron chi connectivity index (χ0n) is 11.5. The predicted molar refractivity (Wildman–Crippen MR) is 72.7 cm³/mol. The van der Waals surface area contributed by atoms with Gasteiger partial charge >= 0.3 is 5.97 Å². The molecule has 106 valence electrons. The van der Waals surface area contributed by atoms with E-state index in [9.17, 15) is 4.79 Å². The van der Waals surface area contributed by atoms with E-state index < -0.39 is 5.97 Å². The number of nitrogens with one attached hydrogen (secondary N) is 1. The average molecular weight is 265 g/mol. The van der Waals surface area contributed by atoms with E-state index in [-0.39, 0.29) is 5.92 Å². The lowest BCUT2D eigenvalue weighted by Gasteiger charge is -2.26. The molecule has 19 heavy (non-hydrogen) atoms. The third-order valence-electron chi connectivity index (χ3n) is 3.97. The van der Waals surface area contributed by atoms with Crippen LogP contribution in [0.5, 0.6) is 0 Å². The molecule has 0 radical (unpaired) electrons. The van der Waals surface area contributed by atoms with Gasteiger partial charge in [-0.15, -0.1) is 0 Å². The first-order valence-electron chi connectivity index (χ1n) is 7.14. The molecule has 0 aromatic carbocycles. The average Bonchev–Trinajstić information content (AvgIpc) is 2.87. The molecule has 1 aliphatic carbocycles. The van der Waals surface area contributed by atoms with Crippen LogP contribution in [-0.4, -0.2) is 27.4 Å². The third-order valence-corrected chi connectivity index (χ3v) is 3.97. The van der Waals surface area contributed by atoms with E-state index >= 15 is 0 Å².